The quantitative estimate of drug-likeness (QED) is 0.0626. The van der Waals surface area contributed by atoms with Crippen LogP contribution in [0.25, 0.3) is 0 Å². The lowest BCUT2D eigenvalue weighted by Gasteiger charge is -2.46. The van der Waals surface area contributed by atoms with Crippen molar-refractivity contribution in [2.75, 3.05) is 18.3 Å². The Morgan fingerprint density at radius 1 is 0.364 bits per heavy atom. The fraction of sp³-hybridized carbons (Fsp3) is 0.229. The van der Waals surface area contributed by atoms with Crippen molar-refractivity contribution in [3.63, 3.8) is 0 Å². The van der Waals surface area contributed by atoms with Gasteiger partial charge in [0.05, 0.1) is 54.4 Å². The van der Waals surface area contributed by atoms with Crippen molar-refractivity contribution in [2.24, 2.45) is 0 Å². The molecule has 0 aromatic heterocycles. The maximum absolute atomic E-state index is 14.2. The van der Waals surface area contributed by atoms with E-state index in [-0.39, 0.29) is 11.5 Å². The number of hydrogen-bond acceptors (Lipinski definition) is 3. The molecule has 0 saturated carbocycles. The second-order valence-corrected chi connectivity index (χ2v) is 21.5. The fourth-order valence-corrected chi connectivity index (χ4v) is 9.44. The number of benzene rings is 6. The summed E-state index contributed by atoms with van der Waals surface area (Å²) in [6.45, 7) is 0. The number of hydrogen-bond donors (Lipinski definition) is 0. The van der Waals surface area contributed by atoms with Crippen LogP contribution in [0.5, 0.6) is 0 Å². The van der Waals surface area contributed by atoms with E-state index in [4.69, 9.17) is 0 Å². The molecule has 0 radical (unpaired) electrons. The average Bonchev–Trinajstić information content (AvgIpc) is 3.27. The second-order valence-electron chi connectivity index (χ2n) is 17.2. The lowest BCUT2D eigenvalue weighted by atomic mass is 9.12. The van der Waals surface area contributed by atoms with Gasteiger partial charge in [-0.25, -0.2) is 0 Å². The molecule has 2 nitrogen and oxygen atoms in total. The van der Waals surface area contributed by atoms with E-state index in [0.29, 0.717) is 5.56 Å². The normalized spacial score (nSPS) is 13.5. The van der Waals surface area contributed by atoms with E-state index in [9.17, 15) is 114 Å². The van der Waals surface area contributed by atoms with Crippen molar-refractivity contribution < 1.29 is 114 Å². The average molecular weight is 1170 g/mol. The van der Waals surface area contributed by atoms with Gasteiger partial charge < -0.3 is 0 Å². The molecule has 6 aromatic rings. The molecule has 0 unspecified atom stereocenters. The minimum Gasteiger partial charge on any atom is -0.289 e. The zero-order chi connectivity index (χ0) is 58.5. The van der Waals surface area contributed by atoms with Gasteiger partial charge in [0.25, 0.3) is 0 Å². The van der Waals surface area contributed by atoms with Crippen LogP contribution in [0, 0.1) is 0 Å². The Balaban J connectivity index is 0.000000455. The molecule has 6 rings (SSSR count). The van der Waals surface area contributed by atoms with Crippen LogP contribution in [0.2, 0.25) is 0 Å². The van der Waals surface area contributed by atoms with Crippen molar-refractivity contribution in [2.45, 2.75) is 59.2 Å². The van der Waals surface area contributed by atoms with Gasteiger partial charge in [-0.05, 0) is 48.5 Å². The number of carbonyl (C=O) groups is 1. The van der Waals surface area contributed by atoms with Crippen LogP contribution in [0.4, 0.5) is 105 Å². The smallest absolute Gasteiger partial charge is 0.289 e. The van der Waals surface area contributed by atoms with Gasteiger partial charge in [0.2, 0.25) is 5.78 Å². The van der Waals surface area contributed by atoms with Crippen molar-refractivity contribution in [3.8, 4) is 0 Å². The highest BCUT2D eigenvalue weighted by Crippen LogP contribution is 2.41. The van der Waals surface area contributed by atoms with Gasteiger partial charge in [-0.1, -0.05) is 90.6 Å². The zero-order valence-electron chi connectivity index (χ0n) is 38.1. The molecule has 0 spiro atoms. The Kier molecular flexibility index (Phi) is 17.0. The van der Waals surface area contributed by atoms with Crippen LogP contribution in [0.3, 0.4) is 0 Å². The summed E-state index contributed by atoms with van der Waals surface area (Å²) < 4.78 is 352. The molecule has 0 amide bonds. The molecule has 0 heterocycles. The Morgan fingerprint density at radius 3 is 0.792 bits per heavy atom. The van der Waals surface area contributed by atoms with E-state index in [0.717, 1.165) is 9.79 Å². The molecule has 0 fully saturated rings. The first-order valence-electron chi connectivity index (χ1n) is 20.8. The maximum atomic E-state index is 14.2. The molecule has 0 aliphatic rings. The first-order valence-corrected chi connectivity index (χ1v) is 24.2. The first-order chi connectivity index (χ1) is 34.7. The highest BCUT2D eigenvalue weighted by Gasteiger charge is 2.47. The van der Waals surface area contributed by atoms with E-state index in [1.165, 1.54) is 0 Å². The molecule has 0 saturated heterocycles. The zero-order valence-corrected chi connectivity index (χ0v) is 39.7. The maximum Gasteiger partial charge on any atom is 0.416 e. The van der Waals surface area contributed by atoms with Crippen LogP contribution in [-0.2, 0) is 63.6 Å². The summed E-state index contributed by atoms with van der Waals surface area (Å²) in [5.41, 5.74) is -29.6. The number of carbonyl (C=O) groups excluding carboxylic acids is 1. The van der Waals surface area contributed by atoms with Crippen molar-refractivity contribution in [3.05, 3.63) is 177 Å². The van der Waals surface area contributed by atoms with Gasteiger partial charge in [-0.15, -0.1) is 4.21 Å². The Bertz CT molecular complexity index is 2700. The third-order valence-corrected chi connectivity index (χ3v) is 13.0. The van der Waals surface area contributed by atoms with E-state index in [1.54, 1.807) is 36.4 Å². The van der Waals surface area contributed by atoms with Crippen LogP contribution >= 0.6 is 11.8 Å². The predicted molar refractivity (Wildman–Crippen MR) is 236 cm³/mol. The summed E-state index contributed by atoms with van der Waals surface area (Å²) in [4.78, 5) is 14.2. The minimum atomic E-state index is -6.13. The van der Waals surface area contributed by atoms with Crippen molar-refractivity contribution in [1.82, 2.24) is 0 Å². The fourth-order valence-electron chi connectivity index (χ4n) is 7.80. The van der Waals surface area contributed by atoms with E-state index in [2.05, 4.69) is 0 Å². The van der Waals surface area contributed by atoms with Gasteiger partial charge in [0, 0.05) is 15.4 Å². The first kappa shape index (κ1) is 61.7. The van der Waals surface area contributed by atoms with Gasteiger partial charge in [-0.3, -0.25) is 4.79 Å². The molecule has 0 bridgehead atoms. The number of ketones is 1. The molecular weight excluding hydrogens is 1140 g/mol. The van der Waals surface area contributed by atoms with Crippen LogP contribution in [0.15, 0.2) is 137 Å². The largest absolute Gasteiger partial charge is 0.416 e. The summed E-state index contributed by atoms with van der Waals surface area (Å²) in [6.07, 6.45) is -51.6. The predicted octanol–water partition coefficient (Wildman–Crippen LogP) is 15.0. The van der Waals surface area contributed by atoms with Gasteiger partial charge in [-0.2, -0.15) is 127 Å². The highest BCUT2D eigenvalue weighted by molar-refractivity contribution is 8.02. The molecular formula is C48H29BF24O2S2. The van der Waals surface area contributed by atoms with Gasteiger partial charge in [0.15, 0.2) is 5.75 Å². The molecule has 416 valence electrons. The Morgan fingerprint density at radius 2 is 0.584 bits per heavy atom. The highest BCUT2D eigenvalue weighted by atomic mass is 32.2. The van der Waals surface area contributed by atoms with E-state index < -0.39 is 205 Å². The van der Waals surface area contributed by atoms with Crippen molar-refractivity contribution in [1.29, 1.82) is 0 Å². The summed E-state index contributed by atoms with van der Waals surface area (Å²) in [5.74, 6) is 0.0503. The van der Waals surface area contributed by atoms with Crippen LogP contribution in [-0.4, -0.2) is 30.2 Å². The summed E-state index contributed by atoms with van der Waals surface area (Å²) >= 11 is 1.65. The third kappa shape index (κ3) is 15.3. The molecule has 0 aliphatic heterocycles. The summed E-state index contributed by atoms with van der Waals surface area (Å²) in [5, 5.41) is 0. The lowest BCUT2D eigenvalue weighted by Crippen LogP contribution is -2.75. The third-order valence-electron chi connectivity index (χ3n) is 11.1. The molecule has 6 aromatic carbocycles. The Hall–Kier alpha value is -6.13. The van der Waals surface area contributed by atoms with Gasteiger partial charge in [0.1, 0.15) is 18.7 Å². The van der Waals surface area contributed by atoms with E-state index in [1.807, 2.05) is 42.5 Å². The SMILES string of the molecule is C[S+](C)(=O)CC(=O)c1ccc(Sc2ccccc2)cc1.FC(F)(F)c1cc([B-](c2cc(C(F)(F)F)cc(C(F)(F)F)c2)(c2cc(C(F)(F)F)cc(C(F)(F)F)c2)c2cc(C(F)(F)F)cc(C(F)(F)F)c2)cc(C(F)(F)F)c1. The molecule has 0 atom stereocenters. The molecule has 77 heavy (non-hydrogen) atoms. The standard InChI is InChI=1S/C32H12BF24.C16H17O2S2/c34-25(35,36)13-1-14(26(37,38)39)6-21(5-13)33(22-7-15(27(40,41)42)2-16(8-22)28(43,44)45,23-9-17(29(46,47)48)3-18(10-23)30(49,50)51)24-11-19(31(52,53)54)4-20(12-24)32(55,56)57;1-20(2,18)12-16(17)13-8-10-15(11-9-13)19-14-6-4-3-5-7-14/h1-12H;3-11H,12H2,1-2H3/q-1;+1. The molecule has 0 N–H and O–H groups in total. The van der Waals surface area contributed by atoms with Gasteiger partial charge >= 0.3 is 49.4 Å². The topological polar surface area (TPSA) is 34.1 Å². The number of rotatable bonds is 9. The van der Waals surface area contributed by atoms with E-state index >= 15 is 0 Å². The number of halogens is 24. The summed E-state index contributed by atoms with van der Waals surface area (Å²) in [7, 11) is -2.03. The Labute approximate surface area is 423 Å². The minimum absolute atomic E-state index is 0.0590. The molecule has 0 aliphatic carbocycles. The van der Waals surface area contributed by atoms with Crippen molar-refractivity contribution >= 4 is 55.5 Å². The van der Waals surface area contributed by atoms with Crippen LogP contribution < -0.4 is 21.9 Å². The second kappa shape index (κ2) is 21.3. The van der Waals surface area contributed by atoms with Crippen LogP contribution in [0.1, 0.15) is 54.9 Å². The summed E-state index contributed by atoms with van der Waals surface area (Å²) in [6, 6.07) is 8.74. The number of Topliss-reactive ketones (excluding diaryl/α,β-unsaturated/α-hetero) is 1. The lowest BCUT2D eigenvalue weighted by molar-refractivity contribution is -0.144. The monoisotopic (exact) mass is 1170 g/mol. The molecule has 29 heteroatoms. The number of alkyl halides is 24.